The molecule has 35 heavy (non-hydrogen) atoms. The first-order chi connectivity index (χ1) is 16.8. The van der Waals surface area contributed by atoms with Gasteiger partial charge in [0.25, 0.3) is 11.8 Å². The number of anilines is 2. The maximum atomic E-state index is 13.2. The zero-order valence-electron chi connectivity index (χ0n) is 18.3. The number of halogens is 2. The summed E-state index contributed by atoms with van der Waals surface area (Å²) in [6.07, 6.45) is 1.50. The van der Waals surface area contributed by atoms with Gasteiger partial charge >= 0.3 is 0 Å². The van der Waals surface area contributed by atoms with Crippen molar-refractivity contribution in [2.75, 3.05) is 10.6 Å². The summed E-state index contributed by atoms with van der Waals surface area (Å²) in [5.74, 6) is -2.27. The third-order valence-corrected chi connectivity index (χ3v) is 5.93. The minimum absolute atomic E-state index is 0.00875. The SMILES string of the molecule is NC(=O)C1(Cc2ccccc2)NC=NC1C(=O)Nc1ccc(NC(=O)c2ccc(F)cc2Cl)cc1. The number of aliphatic imine (C=N–C) groups is 1. The molecule has 3 aromatic rings. The fourth-order valence-corrected chi connectivity index (χ4v) is 4.06. The van der Waals surface area contributed by atoms with Crippen molar-refractivity contribution < 1.29 is 18.8 Å². The molecule has 0 aliphatic carbocycles. The molecule has 10 heteroatoms. The lowest BCUT2D eigenvalue weighted by molar-refractivity contribution is -0.129. The van der Waals surface area contributed by atoms with E-state index in [1.165, 1.54) is 12.4 Å². The molecule has 8 nitrogen and oxygen atoms in total. The number of nitrogens with two attached hydrogens (primary N) is 1. The number of amides is 3. The summed E-state index contributed by atoms with van der Waals surface area (Å²) in [5.41, 5.74) is 6.10. The van der Waals surface area contributed by atoms with Crippen LogP contribution in [0.15, 0.2) is 77.8 Å². The van der Waals surface area contributed by atoms with E-state index in [4.69, 9.17) is 17.3 Å². The molecule has 5 N–H and O–H groups in total. The second kappa shape index (κ2) is 9.94. The van der Waals surface area contributed by atoms with E-state index in [-0.39, 0.29) is 17.0 Å². The molecule has 2 unspecified atom stereocenters. The fourth-order valence-electron chi connectivity index (χ4n) is 3.80. The topological polar surface area (TPSA) is 126 Å². The molecule has 3 amide bonds. The summed E-state index contributed by atoms with van der Waals surface area (Å²) in [4.78, 5) is 42.1. The third-order valence-electron chi connectivity index (χ3n) is 5.61. The minimum atomic E-state index is -1.41. The molecular formula is C25H21ClFN5O3. The predicted octanol–water partition coefficient (Wildman–Crippen LogP) is 3.14. The molecule has 0 saturated heterocycles. The first-order valence-corrected chi connectivity index (χ1v) is 11.0. The van der Waals surface area contributed by atoms with Crippen molar-refractivity contribution in [3.05, 3.63) is 94.8 Å². The normalized spacial score (nSPS) is 18.5. The number of rotatable bonds is 7. The van der Waals surface area contributed by atoms with Crippen molar-refractivity contribution in [3.8, 4) is 0 Å². The highest BCUT2D eigenvalue weighted by Crippen LogP contribution is 2.25. The largest absolute Gasteiger partial charge is 0.368 e. The van der Waals surface area contributed by atoms with E-state index in [2.05, 4.69) is 20.9 Å². The molecular weight excluding hydrogens is 473 g/mol. The van der Waals surface area contributed by atoms with E-state index in [1.807, 2.05) is 30.3 Å². The van der Waals surface area contributed by atoms with Crippen LogP contribution in [-0.2, 0) is 16.0 Å². The van der Waals surface area contributed by atoms with E-state index in [9.17, 15) is 18.8 Å². The van der Waals surface area contributed by atoms with Crippen LogP contribution < -0.4 is 21.7 Å². The van der Waals surface area contributed by atoms with Crippen LogP contribution in [-0.4, -0.2) is 35.6 Å². The quantitative estimate of drug-likeness (QED) is 0.403. The van der Waals surface area contributed by atoms with Gasteiger partial charge in [0.15, 0.2) is 11.6 Å². The molecule has 0 spiro atoms. The van der Waals surface area contributed by atoms with Gasteiger partial charge in [-0.25, -0.2) is 4.39 Å². The van der Waals surface area contributed by atoms with Crippen molar-refractivity contribution in [2.24, 2.45) is 10.7 Å². The van der Waals surface area contributed by atoms with Crippen LogP contribution in [0.25, 0.3) is 0 Å². The summed E-state index contributed by atoms with van der Waals surface area (Å²) in [7, 11) is 0. The molecule has 4 rings (SSSR count). The first kappa shape index (κ1) is 23.9. The second-order valence-electron chi connectivity index (χ2n) is 7.97. The molecule has 0 saturated carbocycles. The number of hydrogen-bond acceptors (Lipinski definition) is 5. The molecule has 1 aliphatic rings. The Balaban J connectivity index is 1.45. The lowest BCUT2D eigenvalue weighted by atomic mass is 9.83. The highest BCUT2D eigenvalue weighted by atomic mass is 35.5. The van der Waals surface area contributed by atoms with Crippen molar-refractivity contribution in [3.63, 3.8) is 0 Å². The van der Waals surface area contributed by atoms with Gasteiger partial charge in [0.1, 0.15) is 5.82 Å². The van der Waals surface area contributed by atoms with Crippen LogP contribution in [0.4, 0.5) is 15.8 Å². The lowest BCUT2D eigenvalue weighted by Crippen LogP contribution is -2.63. The van der Waals surface area contributed by atoms with Crippen molar-refractivity contribution in [1.29, 1.82) is 0 Å². The Morgan fingerprint density at radius 3 is 2.29 bits per heavy atom. The Hall–Kier alpha value is -4.24. The molecule has 1 heterocycles. The Kier molecular flexibility index (Phi) is 6.79. The smallest absolute Gasteiger partial charge is 0.257 e. The Morgan fingerprint density at radius 1 is 1.00 bits per heavy atom. The molecule has 178 valence electrons. The number of nitrogens with zero attached hydrogens (tertiary/aromatic N) is 1. The molecule has 0 aromatic heterocycles. The van der Waals surface area contributed by atoms with E-state index < -0.39 is 35.1 Å². The van der Waals surface area contributed by atoms with E-state index >= 15 is 0 Å². The highest BCUT2D eigenvalue weighted by molar-refractivity contribution is 6.34. The van der Waals surface area contributed by atoms with Gasteiger partial charge in [-0.05, 0) is 48.0 Å². The molecule has 2 atom stereocenters. The highest BCUT2D eigenvalue weighted by Gasteiger charge is 2.50. The zero-order chi connectivity index (χ0) is 25.0. The van der Waals surface area contributed by atoms with E-state index in [0.29, 0.717) is 11.4 Å². The summed E-state index contributed by atoms with van der Waals surface area (Å²) in [6.45, 7) is 0. The van der Waals surface area contributed by atoms with Gasteiger partial charge < -0.3 is 21.7 Å². The van der Waals surface area contributed by atoms with E-state index in [1.54, 1.807) is 24.3 Å². The third kappa shape index (κ3) is 5.15. The Morgan fingerprint density at radius 2 is 1.66 bits per heavy atom. The number of carbonyl (C=O) groups excluding carboxylic acids is 3. The van der Waals surface area contributed by atoms with Gasteiger partial charge in [-0.2, -0.15) is 0 Å². The first-order valence-electron chi connectivity index (χ1n) is 10.6. The van der Waals surface area contributed by atoms with Gasteiger partial charge in [-0.15, -0.1) is 0 Å². The second-order valence-corrected chi connectivity index (χ2v) is 8.38. The van der Waals surface area contributed by atoms with Crippen LogP contribution >= 0.6 is 11.6 Å². The fraction of sp³-hybridized carbons (Fsp3) is 0.120. The molecule has 0 radical (unpaired) electrons. The van der Waals surface area contributed by atoms with Gasteiger partial charge in [0.2, 0.25) is 5.91 Å². The number of primary amides is 1. The molecule has 1 aliphatic heterocycles. The zero-order valence-corrected chi connectivity index (χ0v) is 19.1. The molecule has 0 bridgehead atoms. The van der Waals surface area contributed by atoms with Gasteiger partial charge in [0, 0.05) is 17.8 Å². The Bertz CT molecular complexity index is 1300. The van der Waals surface area contributed by atoms with Crippen molar-refractivity contribution in [2.45, 2.75) is 18.0 Å². The van der Waals surface area contributed by atoms with Crippen LogP contribution in [0.2, 0.25) is 5.02 Å². The summed E-state index contributed by atoms with van der Waals surface area (Å²) in [5, 5.41) is 8.26. The van der Waals surface area contributed by atoms with Crippen molar-refractivity contribution >= 4 is 47.0 Å². The maximum absolute atomic E-state index is 13.2. The average Bonchev–Trinajstić information content (AvgIpc) is 3.26. The van der Waals surface area contributed by atoms with Crippen LogP contribution in [0.5, 0.6) is 0 Å². The lowest BCUT2D eigenvalue weighted by Gasteiger charge is -2.30. The van der Waals surface area contributed by atoms with Crippen LogP contribution in [0.1, 0.15) is 15.9 Å². The maximum Gasteiger partial charge on any atom is 0.257 e. The van der Waals surface area contributed by atoms with Crippen molar-refractivity contribution in [1.82, 2.24) is 5.32 Å². The predicted molar refractivity (Wildman–Crippen MR) is 132 cm³/mol. The number of benzene rings is 3. The minimum Gasteiger partial charge on any atom is -0.368 e. The summed E-state index contributed by atoms with van der Waals surface area (Å²) in [6, 6.07) is 17.9. The average molecular weight is 494 g/mol. The summed E-state index contributed by atoms with van der Waals surface area (Å²) < 4.78 is 13.2. The Labute approximate surface area is 205 Å². The number of nitrogens with one attached hydrogen (secondary N) is 3. The molecule has 0 fully saturated rings. The number of hydrogen-bond donors (Lipinski definition) is 4. The van der Waals surface area contributed by atoms with Gasteiger partial charge in [-0.1, -0.05) is 41.9 Å². The van der Waals surface area contributed by atoms with Gasteiger partial charge in [0.05, 0.1) is 16.9 Å². The summed E-state index contributed by atoms with van der Waals surface area (Å²) >= 11 is 5.93. The standard InChI is InChI=1S/C25H21ClFN5O3/c26-20-12-16(27)6-11-19(20)22(33)31-17-7-9-18(10-8-17)32-23(34)21-25(24(28)35,30-14-29-21)13-15-4-2-1-3-5-15/h1-12,14,21H,13H2,(H2,28,35)(H,29,30)(H,31,33)(H,32,34). The monoisotopic (exact) mass is 493 g/mol. The van der Waals surface area contributed by atoms with Crippen LogP contribution in [0, 0.1) is 5.82 Å². The number of carbonyl (C=O) groups is 3. The van der Waals surface area contributed by atoms with Crippen LogP contribution in [0.3, 0.4) is 0 Å². The van der Waals surface area contributed by atoms with Gasteiger partial charge in [-0.3, -0.25) is 19.4 Å². The molecule has 3 aromatic carbocycles. The van der Waals surface area contributed by atoms with E-state index in [0.717, 1.165) is 17.7 Å².